The van der Waals surface area contributed by atoms with Gasteiger partial charge in [-0.2, -0.15) is 0 Å². The van der Waals surface area contributed by atoms with E-state index in [9.17, 15) is 9.90 Å². The van der Waals surface area contributed by atoms with Crippen LogP contribution in [0.4, 0.5) is 0 Å². The van der Waals surface area contributed by atoms with Gasteiger partial charge in [-0.15, -0.1) is 0 Å². The van der Waals surface area contributed by atoms with Gasteiger partial charge in [0.15, 0.2) is 5.58 Å². The maximum absolute atomic E-state index is 11.7. The lowest BCUT2D eigenvalue weighted by atomic mass is 9.95. The van der Waals surface area contributed by atoms with Crippen molar-refractivity contribution < 1.29 is 9.52 Å². The zero-order valence-electron chi connectivity index (χ0n) is 11.7. The molecule has 1 N–H and O–H groups in total. The minimum Gasteiger partial charge on any atom is -0.408 e. The van der Waals surface area contributed by atoms with Crippen molar-refractivity contribution in [3.8, 4) is 0 Å². The SMILES string of the molecule is CCCn1c(=O)oc2cc(C(O)C(C)CC)ccc21. The molecule has 0 spiro atoms. The van der Waals surface area contributed by atoms with Gasteiger partial charge in [0.1, 0.15) is 0 Å². The normalized spacial score (nSPS) is 14.7. The number of nitrogens with zero attached hydrogens (tertiary/aromatic N) is 1. The third-order valence-corrected chi connectivity index (χ3v) is 3.66. The molecule has 4 heteroatoms. The molecule has 2 aromatic rings. The van der Waals surface area contributed by atoms with Gasteiger partial charge < -0.3 is 9.52 Å². The molecule has 19 heavy (non-hydrogen) atoms. The van der Waals surface area contributed by atoms with E-state index >= 15 is 0 Å². The Morgan fingerprint density at radius 1 is 1.37 bits per heavy atom. The largest absolute Gasteiger partial charge is 0.419 e. The number of benzene rings is 1. The van der Waals surface area contributed by atoms with E-state index in [4.69, 9.17) is 4.42 Å². The molecule has 0 bridgehead atoms. The molecule has 2 rings (SSSR count). The Morgan fingerprint density at radius 2 is 2.11 bits per heavy atom. The molecule has 0 aliphatic heterocycles. The number of rotatable bonds is 5. The maximum atomic E-state index is 11.7. The summed E-state index contributed by atoms with van der Waals surface area (Å²) >= 11 is 0. The Labute approximate surface area is 112 Å². The fraction of sp³-hybridized carbons (Fsp3) is 0.533. The Bertz CT molecular complexity index is 611. The number of hydrogen-bond donors (Lipinski definition) is 1. The molecule has 1 heterocycles. The van der Waals surface area contributed by atoms with Gasteiger partial charge in [-0.3, -0.25) is 4.57 Å². The summed E-state index contributed by atoms with van der Waals surface area (Å²) in [4.78, 5) is 11.7. The molecule has 2 unspecified atom stereocenters. The van der Waals surface area contributed by atoms with Crippen molar-refractivity contribution in [2.45, 2.75) is 46.3 Å². The summed E-state index contributed by atoms with van der Waals surface area (Å²) in [5.74, 6) is -0.145. The number of aromatic nitrogens is 1. The first-order valence-corrected chi connectivity index (χ1v) is 6.89. The highest BCUT2D eigenvalue weighted by atomic mass is 16.4. The molecule has 4 nitrogen and oxygen atoms in total. The van der Waals surface area contributed by atoms with E-state index in [-0.39, 0.29) is 11.7 Å². The molecule has 0 saturated carbocycles. The van der Waals surface area contributed by atoms with E-state index in [1.54, 1.807) is 10.6 Å². The average molecular weight is 263 g/mol. The zero-order valence-corrected chi connectivity index (χ0v) is 11.7. The van der Waals surface area contributed by atoms with E-state index in [1.165, 1.54) is 0 Å². The van der Waals surface area contributed by atoms with Crippen LogP contribution in [-0.2, 0) is 6.54 Å². The van der Waals surface area contributed by atoms with Gasteiger partial charge in [0.05, 0.1) is 11.6 Å². The highest BCUT2D eigenvalue weighted by molar-refractivity contribution is 5.73. The molecule has 1 aromatic heterocycles. The second-order valence-corrected chi connectivity index (χ2v) is 5.08. The molecule has 1 aromatic carbocycles. The molecule has 0 aliphatic carbocycles. The number of hydrogen-bond acceptors (Lipinski definition) is 3. The summed E-state index contributed by atoms with van der Waals surface area (Å²) in [5.41, 5.74) is 2.16. The van der Waals surface area contributed by atoms with Gasteiger partial charge in [-0.05, 0) is 30.0 Å². The first-order valence-electron chi connectivity index (χ1n) is 6.89. The summed E-state index contributed by atoms with van der Waals surface area (Å²) in [6, 6.07) is 5.51. The monoisotopic (exact) mass is 263 g/mol. The third-order valence-electron chi connectivity index (χ3n) is 3.66. The van der Waals surface area contributed by atoms with Gasteiger partial charge in [-0.25, -0.2) is 4.79 Å². The van der Waals surface area contributed by atoms with Crippen molar-refractivity contribution >= 4 is 11.1 Å². The summed E-state index contributed by atoms with van der Waals surface area (Å²) in [5, 5.41) is 10.2. The Morgan fingerprint density at radius 3 is 2.74 bits per heavy atom. The van der Waals surface area contributed by atoms with Crippen molar-refractivity contribution in [1.29, 1.82) is 0 Å². The topological polar surface area (TPSA) is 55.4 Å². The molecule has 0 radical (unpaired) electrons. The van der Waals surface area contributed by atoms with Crippen LogP contribution in [0.3, 0.4) is 0 Å². The Hall–Kier alpha value is -1.55. The first kappa shape index (κ1) is 13.9. The van der Waals surface area contributed by atoms with Crippen LogP contribution in [0.5, 0.6) is 0 Å². The van der Waals surface area contributed by atoms with Crippen molar-refractivity contribution in [2.24, 2.45) is 5.92 Å². The Balaban J connectivity index is 2.45. The smallest absolute Gasteiger partial charge is 0.408 e. The van der Waals surface area contributed by atoms with Crippen molar-refractivity contribution in [3.63, 3.8) is 0 Å². The maximum Gasteiger partial charge on any atom is 0.419 e. The van der Waals surface area contributed by atoms with Gasteiger partial charge in [0, 0.05) is 6.54 Å². The van der Waals surface area contributed by atoms with Crippen LogP contribution >= 0.6 is 0 Å². The third kappa shape index (κ3) is 2.59. The molecule has 2 atom stereocenters. The van der Waals surface area contributed by atoms with E-state index in [0.717, 1.165) is 23.9 Å². The number of aliphatic hydroxyl groups excluding tert-OH is 1. The molecule has 104 valence electrons. The average Bonchev–Trinajstić information content (AvgIpc) is 2.73. The number of oxazole rings is 1. The lowest BCUT2D eigenvalue weighted by molar-refractivity contribution is 0.115. The fourth-order valence-corrected chi connectivity index (χ4v) is 2.25. The van der Waals surface area contributed by atoms with Gasteiger partial charge >= 0.3 is 5.76 Å². The van der Waals surface area contributed by atoms with Gasteiger partial charge in [0.2, 0.25) is 0 Å². The van der Waals surface area contributed by atoms with Crippen molar-refractivity contribution in [1.82, 2.24) is 4.57 Å². The number of aliphatic hydroxyl groups is 1. The van der Waals surface area contributed by atoms with E-state index in [0.29, 0.717) is 12.1 Å². The van der Waals surface area contributed by atoms with Crippen molar-refractivity contribution in [2.75, 3.05) is 0 Å². The summed E-state index contributed by atoms with van der Waals surface area (Å²) in [6.45, 7) is 6.73. The van der Waals surface area contributed by atoms with E-state index in [2.05, 4.69) is 0 Å². The number of aryl methyl sites for hydroxylation is 1. The minimum absolute atomic E-state index is 0.182. The zero-order chi connectivity index (χ0) is 14.0. The van der Waals surface area contributed by atoms with Crippen LogP contribution in [0.1, 0.15) is 45.3 Å². The quantitative estimate of drug-likeness (QED) is 0.901. The molecule has 0 aliphatic rings. The van der Waals surface area contributed by atoms with Crippen LogP contribution in [0.15, 0.2) is 27.4 Å². The highest BCUT2D eigenvalue weighted by Gasteiger charge is 2.17. The second kappa shape index (κ2) is 5.61. The fourth-order valence-electron chi connectivity index (χ4n) is 2.25. The van der Waals surface area contributed by atoms with Crippen LogP contribution in [0.2, 0.25) is 0 Å². The first-order chi connectivity index (χ1) is 9.08. The van der Waals surface area contributed by atoms with Crippen molar-refractivity contribution in [3.05, 3.63) is 34.3 Å². The predicted octanol–water partition coefficient (Wildman–Crippen LogP) is 3.08. The summed E-state index contributed by atoms with van der Waals surface area (Å²) < 4.78 is 6.89. The second-order valence-electron chi connectivity index (χ2n) is 5.08. The number of fused-ring (bicyclic) bond motifs is 1. The summed E-state index contributed by atoms with van der Waals surface area (Å²) in [7, 11) is 0. The molecule has 0 fully saturated rings. The van der Waals surface area contributed by atoms with Crippen LogP contribution in [-0.4, -0.2) is 9.67 Å². The predicted molar refractivity (Wildman–Crippen MR) is 75.2 cm³/mol. The molecule has 0 saturated heterocycles. The van der Waals surface area contributed by atoms with Gasteiger partial charge in [-0.1, -0.05) is 33.3 Å². The lowest BCUT2D eigenvalue weighted by Crippen LogP contribution is -2.13. The van der Waals surface area contributed by atoms with Crippen LogP contribution in [0.25, 0.3) is 11.1 Å². The highest BCUT2D eigenvalue weighted by Crippen LogP contribution is 2.26. The van der Waals surface area contributed by atoms with Crippen LogP contribution < -0.4 is 5.76 Å². The molecule has 0 amide bonds. The minimum atomic E-state index is -0.519. The standard InChI is InChI=1S/C15H21NO3/c1-4-8-16-12-7-6-11(14(17)10(3)5-2)9-13(12)19-15(16)18/h6-7,9-10,14,17H,4-5,8H2,1-3H3. The molecular weight excluding hydrogens is 242 g/mol. The van der Waals surface area contributed by atoms with E-state index in [1.807, 2.05) is 32.9 Å². The van der Waals surface area contributed by atoms with Crippen LogP contribution in [0, 0.1) is 5.92 Å². The summed E-state index contributed by atoms with van der Waals surface area (Å²) in [6.07, 6.45) is 1.26. The lowest BCUT2D eigenvalue weighted by Gasteiger charge is -2.17. The molecular formula is C15H21NO3. The Kier molecular flexibility index (Phi) is 4.10. The van der Waals surface area contributed by atoms with Gasteiger partial charge in [0.25, 0.3) is 0 Å². The van der Waals surface area contributed by atoms with E-state index < -0.39 is 6.10 Å².